The Bertz CT molecular complexity index is 378. The summed E-state index contributed by atoms with van der Waals surface area (Å²) in [5.41, 5.74) is -0.0175. The number of carbonyl (C=O) groups is 1. The predicted octanol–water partition coefficient (Wildman–Crippen LogP) is 1.71. The fourth-order valence-electron chi connectivity index (χ4n) is 0.760. The van der Waals surface area contributed by atoms with Crippen molar-refractivity contribution >= 4 is 40.8 Å². The van der Waals surface area contributed by atoms with Crippen LogP contribution in [0.25, 0.3) is 0 Å². The number of pyridine rings is 1. The van der Waals surface area contributed by atoms with Gasteiger partial charge in [-0.05, 0) is 12.5 Å². The smallest absolute Gasteiger partial charge is 0.148 e. The van der Waals surface area contributed by atoms with E-state index < -0.39 is 11.7 Å². The molecule has 0 aliphatic rings. The fourth-order valence-corrected chi connectivity index (χ4v) is 1.39. The summed E-state index contributed by atoms with van der Waals surface area (Å²) in [4.78, 5) is 13.9. The average Bonchev–Trinajstić information content (AvgIpc) is 2.07. The molecule has 3 nitrogen and oxygen atoms in total. The van der Waals surface area contributed by atoms with Crippen LogP contribution in [0.5, 0.6) is 0 Å². The Morgan fingerprint density at radius 1 is 1.31 bits per heavy atom. The summed E-state index contributed by atoms with van der Waals surface area (Å²) in [6, 6.07) is 0. The molecule has 6 heteroatoms. The third kappa shape index (κ3) is 1.88. The van der Waals surface area contributed by atoms with E-state index in [9.17, 15) is 9.90 Å². The van der Waals surface area contributed by atoms with E-state index in [0.29, 0.717) is 5.56 Å². The predicted molar refractivity (Wildman–Crippen MR) is 48.3 cm³/mol. The summed E-state index contributed by atoms with van der Waals surface area (Å²) in [6.07, 6.45) is 0. The van der Waals surface area contributed by atoms with Gasteiger partial charge >= 0.3 is 0 Å². The lowest BCUT2D eigenvalue weighted by Crippen LogP contribution is -2.24. The van der Waals surface area contributed by atoms with E-state index in [0.717, 1.165) is 0 Å². The van der Waals surface area contributed by atoms with Gasteiger partial charge in [-0.15, -0.1) is 0 Å². The molecule has 0 unspecified atom stereocenters. The largest absolute Gasteiger partial charge is 0.543 e. The van der Waals surface area contributed by atoms with E-state index in [2.05, 4.69) is 4.98 Å². The van der Waals surface area contributed by atoms with Crippen LogP contribution < -0.4 is 5.11 Å². The van der Waals surface area contributed by atoms with Crippen molar-refractivity contribution in [2.24, 2.45) is 0 Å². The minimum atomic E-state index is -1.48. The van der Waals surface area contributed by atoms with E-state index in [4.69, 9.17) is 34.8 Å². The van der Waals surface area contributed by atoms with Gasteiger partial charge in [0.05, 0.1) is 16.0 Å². The molecule has 1 rings (SSSR count). The van der Waals surface area contributed by atoms with Crippen molar-refractivity contribution in [2.45, 2.75) is 6.92 Å². The van der Waals surface area contributed by atoms with Gasteiger partial charge in [-0.25, -0.2) is 4.98 Å². The first kappa shape index (κ1) is 10.6. The number of hydrogen-bond donors (Lipinski definition) is 0. The second-order valence-corrected chi connectivity index (χ2v) is 3.41. The monoisotopic (exact) mass is 238 g/mol. The minimum absolute atomic E-state index is 0.0469. The molecular formula is C7H3Cl3NO2-. The molecule has 0 atom stereocenters. The summed E-state index contributed by atoms with van der Waals surface area (Å²) in [5.74, 6) is -1.48. The van der Waals surface area contributed by atoms with E-state index in [1.165, 1.54) is 0 Å². The van der Waals surface area contributed by atoms with Crippen LogP contribution in [0.2, 0.25) is 15.2 Å². The van der Waals surface area contributed by atoms with Crippen LogP contribution >= 0.6 is 34.8 Å². The molecule has 0 spiro atoms. The van der Waals surface area contributed by atoms with Gasteiger partial charge in [-0.3, -0.25) is 0 Å². The number of halogens is 3. The number of aromatic carboxylic acids is 1. The lowest BCUT2D eigenvalue weighted by Gasteiger charge is -2.09. The Labute approximate surface area is 89.2 Å². The highest BCUT2D eigenvalue weighted by molar-refractivity contribution is 6.43. The maximum Gasteiger partial charge on any atom is 0.148 e. The molecule has 0 radical (unpaired) electrons. The van der Waals surface area contributed by atoms with Gasteiger partial charge in [-0.1, -0.05) is 34.8 Å². The molecule has 0 aliphatic carbocycles. The molecule has 13 heavy (non-hydrogen) atoms. The van der Waals surface area contributed by atoms with Crippen molar-refractivity contribution < 1.29 is 9.90 Å². The van der Waals surface area contributed by atoms with E-state index in [1.54, 1.807) is 6.92 Å². The topological polar surface area (TPSA) is 53.0 Å². The van der Waals surface area contributed by atoms with Crippen molar-refractivity contribution in [1.29, 1.82) is 0 Å². The first-order chi connectivity index (χ1) is 5.95. The maximum atomic E-state index is 10.5. The Kier molecular flexibility index (Phi) is 3.01. The van der Waals surface area contributed by atoms with Crippen molar-refractivity contribution in [3.63, 3.8) is 0 Å². The van der Waals surface area contributed by atoms with Crippen LogP contribution in [0.15, 0.2) is 0 Å². The molecule has 0 aliphatic heterocycles. The summed E-state index contributed by atoms with van der Waals surface area (Å²) in [5, 5.41) is 10.5. The highest BCUT2D eigenvalue weighted by Crippen LogP contribution is 2.30. The van der Waals surface area contributed by atoms with Gasteiger partial charge in [0.15, 0.2) is 0 Å². The van der Waals surface area contributed by atoms with E-state index in [1.807, 2.05) is 0 Å². The number of carboxylic acids is 1. The zero-order valence-corrected chi connectivity index (χ0v) is 8.67. The molecule has 0 N–H and O–H groups in total. The van der Waals surface area contributed by atoms with Crippen LogP contribution in [0.1, 0.15) is 16.1 Å². The van der Waals surface area contributed by atoms with E-state index in [-0.39, 0.29) is 15.2 Å². The number of hydrogen-bond acceptors (Lipinski definition) is 3. The Hall–Kier alpha value is -0.510. The standard InChI is InChI=1S/C7H4Cl3NO2/c1-2-3(8)5(7(12)13)11-6(10)4(2)9/h1H3,(H,12,13)/p-1. The van der Waals surface area contributed by atoms with E-state index >= 15 is 0 Å². The van der Waals surface area contributed by atoms with Gasteiger partial charge in [0.1, 0.15) is 10.8 Å². The van der Waals surface area contributed by atoms with Crippen LogP contribution in [-0.2, 0) is 0 Å². The lowest BCUT2D eigenvalue weighted by molar-refractivity contribution is -0.255. The number of aromatic nitrogens is 1. The molecule has 0 saturated heterocycles. The third-order valence-electron chi connectivity index (χ3n) is 1.45. The molecule has 0 aromatic carbocycles. The number of rotatable bonds is 1. The first-order valence-electron chi connectivity index (χ1n) is 3.17. The lowest BCUT2D eigenvalue weighted by atomic mass is 10.2. The van der Waals surface area contributed by atoms with Crippen molar-refractivity contribution in [3.05, 3.63) is 26.5 Å². The van der Waals surface area contributed by atoms with Gasteiger partial charge in [0.25, 0.3) is 0 Å². The van der Waals surface area contributed by atoms with Crippen molar-refractivity contribution in [2.75, 3.05) is 0 Å². The number of carboxylic acid groups (broad SMARTS) is 1. The van der Waals surface area contributed by atoms with Crippen LogP contribution in [0, 0.1) is 6.92 Å². The summed E-state index contributed by atoms with van der Waals surface area (Å²) in [7, 11) is 0. The zero-order valence-electron chi connectivity index (χ0n) is 6.40. The molecule has 1 aromatic heterocycles. The first-order valence-corrected chi connectivity index (χ1v) is 4.31. The molecule has 0 bridgehead atoms. The third-order valence-corrected chi connectivity index (χ3v) is 2.75. The normalized spacial score (nSPS) is 10.2. The van der Waals surface area contributed by atoms with Crippen molar-refractivity contribution in [1.82, 2.24) is 4.98 Å². The maximum absolute atomic E-state index is 10.5. The van der Waals surface area contributed by atoms with Crippen LogP contribution in [-0.4, -0.2) is 11.0 Å². The summed E-state index contributed by atoms with van der Waals surface area (Å²) >= 11 is 16.8. The van der Waals surface area contributed by atoms with Gasteiger partial charge in [-0.2, -0.15) is 0 Å². The number of nitrogens with zero attached hydrogens (tertiary/aromatic N) is 1. The quantitative estimate of drug-likeness (QED) is 0.701. The van der Waals surface area contributed by atoms with Gasteiger partial charge < -0.3 is 9.90 Å². The molecule has 1 heterocycles. The fraction of sp³-hybridized carbons (Fsp3) is 0.143. The zero-order chi connectivity index (χ0) is 10.2. The summed E-state index contributed by atoms with van der Waals surface area (Å²) < 4.78 is 0. The highest BCUT2D eigenvalue weighted by Gasteiger charge is 2.13. The van der Waals surface area contributed by atoms with Gasteiger partial charge in [0, 0.05) is 0 Å². The van der Waals surface area contributed by atoms with Crippen LogP contribution in [0.4, 0.5) is 0 Å². The average molecular weight is 239 g/mol. The summed E-state index contributed by atoms with van der Waals surface area (Å²) in [6.45, 7) is 1.55. The second kappa shape index (κ2) is 3.70. The highest BCUT2D eigenvalue weighted by atomic mass is 35.5. The SMILES string of the molecule is Cc1c(Cl)c(Cl)nc(C(=O)[O-])c1Cl. The molecule has 0 fully saturated rings. The molecular weight excluding hydrogens is 236 g/mol. The Balaban J connectivity index is 3.50. The molecule has 1 aromatic rings. The Morgan fingerprint density at radius 2 is 1.85 bits per heavy atom. The van der Waals surface area contributed by atoms with Gasteiger partial charge in [0.2, 0.25) is 0 Å². The molecule has 0 saturated carbocycles. The molecule has 70 valence electrons. The van der Waals surface area contributed by atoms with Crippen LogP contribution in [0.3, 0.4) is 0 Å². The molecule has 0 amide bonds. The van der Waals surface area contributed by atoms with Crippen molar-refractivity contribution in [3.8, 4) is 0 Å². The number of carbonyl (C=O) groups excluding carboxylic acids is 1. The minimum Gasteiger partial charge on any atom is -0.543 e. The second-order valence-electron chi connectivity index (χ2n) is 2.29. The Morgan fingerprint density at radius 3 is 2.31 bits per heavy atom.